The van der Waals surface area contributed by atoms with Gasteiger partial charge in [-0.05, 0) is 62.0 Å². The molecule has 0 fully saturated rings. The Labute approximate surface area is 167 Å². The molecular formula is C25H38N2. The summed E-state index contributed by atoms with van der Waals surface area (Å²) in [5, 5.41) is 3.49. The van der Waals surface area contributed by atoms with E-state index < -0.39 is 0 Å². The van der Waals surface area contributed by atoms with Gasteiger partial charge in [-0.25, -0.2) is 4.98 Å². The number of anilines is 1. The van der Waals surface area contributed by atoms with Gasteiger partial charge in [-0.15, -0.1) is 6.58 Å². The van der Waals surface area contributed by atoms with Crippen molar-refractivity contribution in [2.75, 3.05) is 5.32 Å². The third kappa shape index (κ3) is 6.53. The second-order valence-corrected chi connectivity index (χ2v) is 7.75. The first-order valence-corrected chi connectivity index (χ1v) is 10.2. The van der Waals surface area contributed by atoms with Gasteiger partial charge in [-0.1, -0.05) is 65.3 Å². The van der Waals surface area contributed by atoms with Gasteiger partial charge in [-0.3, -0.25) is 0 Å². The highest BCUT2D eigenvalue weighted by molar-refractivity contribution is 5.48. The maximum Gasteiger partial charge on any atom is 0.130 e. The zero-order valence-corrected chi connectivity index (χ0v) is 18.2. The summed E-state index contributed by atoms with van der Waals surface area (Å²) in [5.74, 6) is 1.35. The Balaban J connectivity index is 3.26. The van der Waals surface area contributed by atoms with Crippen LogP contribution in [0.2, 0.25) is 0 Å². The van der Waals surface area contributed by atoms with Crippen LogP contribution in [-0.2, 0) is 5.41 Å². The number of pyridine rings is 1. The molecule has 0 aliphatic rings. The number of hydrogen-bond donors (Lipinski definition) is 1. The molecule has 0 bridgehead atoms. The Morgan fingerprint density at radius 3 is 2.30 bits per heavy atom. The van der Waals surface area contributed by atoms with Crippen LogP contribution in [0.15, 0.2) is 60.9 Å². The van der Waals surface area contributed by atoms with Gasteiger partial charge in [-0.2, -0.15) is 0 Å². The predicted octanol–water partition coefficient (Wildman–Crippen LogP) is 7.50. The maximum absolute atomic E-state index is 4.71. The summed E-state index contributed by atoms with van der Waals surface area (Å²) in [6.07, 6.45) is 12.7. The van der Waals surface area contributed by atoms with Crippen LogP contribution >= 0.6 is 0 Å². The van der Waals surface area contributed by atoms with Crippen LogP contribution in [0.1, 0.15) is 71.6 Å². The van der Waals surface area contributed by atoms with Gasteiger partial charge in [0.2, 0.25) is 0 Å². The lowest BCUT2D eigenvalue weighted by Crippen LogP contribution is -2.23. The van der Waals surface area contributed by atoms with E-state index in [-0.39, 0.29) is 5.41 Å². The van der Waals surface area contributed by atoms with Crippen molar-refractivity contribution in [3.05, 3.63) is 72.1 Å². The normalized spacial score (nSPS) is 13.0. The molecule has 0 amide bonds. The minimum absolute atomic E-state index is 0.0249. The zero-order valence-electron chi connectivity index (χ0n) is 18.2. The number of aromatic nitrogens is 1. The third-order valence-electron chi connectivity index (χ3n) is 5.00. The lowest BCUT2D eigenvalue weighted by molar-refractivity contribution is 0.442. The van der Waals surface area contributed by atoms with Crippen molar-refractivity contribution >= 4 is 5.82 Å². The fraction of sp³-hybridized carbons (Fsp3) is 0.480. The van der Waals surface area contributed by atoms with E-state index >= 15 is 0 Å². The van der Waals surface area contributed by atoms with Gasteiger partial charge in [0, 0.05) is 16.8 Å². The Hall–Kier alpha value is -2.09. The molecule has 0 radical (unpaired) electrons. The monoisotopic (exact) mass is 366 g/mol. The highest BCUT2D eigenvalue weighted by atomic mass is 15.0. The molecule has 0 aliphatic carbocycles. The summed E-state index contributed by atoms with van der Waals surface area (Å²) in [6, 6.07) is 4.41. The summed E-state index contributed by atoms with van der Waals surface area (Å²) in [7, 11) is 0. The molecule has 0 aliphatic heterocycles. The number of nitrogens with one attached hydrogen (secondary N) is 1. The molecular weight excluding hydrogens is 328 g/mol. The van der Waals surface area contributed by atoms with Crippen LogP contribution in [0.25, 0.3) is 0 Å². The molecule has 0 spiro atoms. The smallest absolute Gasteiger partial charge is 0.130 e. The molecule has 148 valence electrons. The lowest BCUT2D eigenvalue weighted by Gasteiger charge is -2.31. The molecule has 27 heavy (non-hydrogen) atoms. The van der Waals surface area contributed by atoms with Crippen molar-refractivity contribution in [3.8, 4) is 0 Å². The summed E-state index contributed by atoms with van der Waals surface area (Å²) in [6.45, 7) is 21.0. The first-order chi connectivity index (χ1) is 12.8. The highest BCUT2D eigenvalue weighted by Crippen LogP contribution is 2.37. The van der Waals surface area contributed by atoms with Gasteiger partial charge < -0.3 is 5.32 Å². The number of aryl methyl sites for hydroxylation is 1. The van der Waals surface area contributed by atoms with E-state index in [0.29, 0.717) is 5.92 Å². The fourth-order valence-corrected chi connectivity index (χ4v) is 3.68. The summed E-state index contributed by atoms with van der Waals surface area (Å²) in [4.78, 5) is 4.71. The van der Waals surface area contributed by atoms with Crippen LogP contribution < -0.4 is 5.32 Å². The van der Waals surface area contributed by atoms with Crippen LogP contribution in [0, 0.1) is 12.8 Å². The van der Waals surface area contributed by atoms with Gasteiger partial charge in [0.25, 0.3) is 0 Å². The van der Waals surface area contributed by atoms with Gasteiger partial charge in [0.1, 0.15) is 5.82 Å². The number of nitrogens with zero attached hydrogens (tertiary/aromatic N) is 1. The fourth-order valence-electron chi connectivity index (χ4n) is 3.68. The number of rotatable bonds is 11. The van der Waals surface area contributed by atoms with E-state index in [1.54, 1.807) is 0 Å². The van der Waals surface area contributed by atoms with Gasteiger partial charge >= 0.3 is 0 Å². The summed E-state index contributed by atoms with van der Waals surface area (Å²) >= 11 is 0. The van der Waals surface area contributed by atoms with Crippen molar-refractivity contribution in [2.24, 2.45) is 5.92 Å². The molecule has 1 N–H and O–H groups in total. The second kappa shape index (κ2) is 10.9. The number of allylic oxidation sites excluding steroid dienone is 6. The van der Waals surface area contributed by atoms with Crippen molar-refractivity contribution in [1.82, 2.24) is 4.98 Å². The van der Waals surface area contributed by atoms with E-state index in [1.807, 2.05) is 6.08 Å². The maximum atomic E-state index is 4.71. The summed E-state index contributed by atoms with van der Waals surface area (Å²) in [5.41, 5.74) is 4.70. The van der Waals surface area contributed by atoms with Crippen LogP contribution in [-0.4, -0.2) is 4.98 Å². The van der Waals surface area contributed by atoms with E-state index in [2.05, 4.69) is 90.4 Å². The Morgan fingerprint density at radius 1 is 1.19 bits per heavy atom. The van der Waals surface area contributed by atoms with E-state index in [9.17, 15) is 0 Å². The van der Waals surface area contributed by atoms with Gasteiger partial charge in [0.15, 0.2) is 0 Å². The molecule has 0 saturated heterocycles. The average molecular weight is 367 g/mol. The molecule has 0 unspecified atom stereocenters. The largest absolute Gasteiger partial charge is 0.344 e. The van der Waals surface area contributed by atoms with E-state index in [4.69, 9.17) is 4.98 Å². The summed E-state index contributed by atoms with van der Waals surface area (Å²) < 4.78 is 0. The Kier molecular flexibility index (Phi) is 9.28. The molecule has 1 aromatic rings. The topological polar surface area (TPSA) is 24.9 Å². The van der Waals surface area contributed by atoms with Crippen molar-refractivity contribution < 1.29 is 0 Å². The quantitative estimate of drug-likeness (QED) is 0.324. The molecule has 2 nitrogen and oxygen atoms in total. The molecule has 1 rings (SSSR count). The first-order valence-electron chi connectivity index (χ1n) is 10.2. The molecule has 1 aromatic heterocycles. The minimum atomic E-state index is 0.0249. The Bertz CT molecular complexity index is 686. The molecule has 1 heterocycles. The standard InChI is InChI=1S/C25H38N2/c1-9-13-22(19(5)6)16-20(7)26-24-18-23(17-21(8)27-24)25(12-4,14-10-2)15-11-3/h9,12-13,16-19H,1,4,10-11,14-15H2,2-3,5-8H3,(H,26,27)/b20-16+,22-13+. The van der Waals surface area contributed by atoms with Crippen molar-refractivity contribution in [3.63, 3.8) is 0 Å². The van der Waals surface area contributed by atoms with E-state index in [1.165, 1.54) is 11.1 Å². The van der Waals surface area contributed by atoms with Crippen LogP contribution in [0.3, 0.4) is 0 Å². The molecule has 2 heteroatoms. The molecule has 0 saturated carbocycles. The average Bonchev–Trinajstić information content (AvgIpc) is 2.60. The first kappa shape index (κ1) is 23.0. The third-order valence-corrected chi connectivity index (χ3v) is 5.00. The SMILES string of the molecule is C=C/C=C(\C=C(/C)Nc1cc(C(C=C)(CCC)CCC)cc(C)n1)C(C)C. The minimum Gasteiger partial charge on any atom is -0.344 e. The van der Waals surface area contributed by atoms with Crippen molar-refractivity contribution in [1.29, 1.82) is 0 Å². The zero-order chi connectivity index (χ0) is 20.4. The van der Waals surface area contributed by atoms with Crippen molar-refractivity contribution in [2.45, 2.75) is 72.6 Å². The number of hydrogen-bond acceptors (Lipinski definition) is 2. The second-order valence-electron chi connectivity index (χ2n) is 7.75. The molecule has 0 atom stereocenters. The van der Waals surface area contributed by atoms with Gasteiger partial charge in [0.05, 0.1) is 0 Å². The van der Waals surface area contributed by atoms with E-state index in [0.717, 1.165) is 42.9 Å². The lowest BCUT2D eigenvalue weighted by atomic mass is 9.73. The highest BCUT2D eigenvalue weighted by Gasteiger charge is 2.27. The predicted molar refractivity (Wildman–Crippen MR) is 121 cm³/mol. The van der Waals surface area contributed by atoms with Crippen LogP contribution in [0.5, 0.6) is 0 Å². The Morgan fingerprint density at radius 2 is 1.81 bits per heavy atom. The molecule has 0 aromatic carbocycles. The van der Waals surface area contributed by atoms with Crippen LogP contribution in [0.4, 0.5) is 5.82 Å².